The van der Waals surface area contributed by atoms with Crippen molar-refractivity contribution in [2.45, 2.75) is 26.3 Å². The van der Waals surface area contributed by atoms with Gasteiger partial charge < -0.3 is 15.0 Å². The van der Waals surface area contributed by atoms with Crippen molar-refractivity contribution in [3.63, 3.8) is 0 Å². The number of phenolic OH excluding ortho intramolecular Hbond substituents is 1. The average molecular weight is 582 g/mol. The molecule has 1 aliphatic rings. The Morgan fingerprint density at radius 3 is 2.56 bits per heavy atom. The number of nitrogens with one attached hydrogen (secondary N) is 1. The number of halogens is 1. The lowest BCUT2D eigenvalue weighted by Gasteiger charge is -2.13. The Hall–Kier alpha value is -4.72. The van der Waals surface area contributed by atoms with Crippen molar-refractivity contribution in [3.05, 3.63) is 105 Å². The van der Waals surface area contributed by atoms with E-state index < -0.39 is 6.04 Å². The molecule has 6 rings (SSSR count). The van der Waals surface area contributed by atoms with E-state index in [2.05, 4.69) is 32.3 Å². The fourth-order valence-electron chi connectivity index (χ4n) is 4.67. The third kappa shape index (κ3) is 5.13. The second-order valence-corrected chi connectivity index (χ2v) is 11.1. The number of carbonyl (C=O) groups excluding carboxylic acids is 1. The maximum Gasteiger partial charge on any atom is 0.227 e. The van der Waals surface area contributed by atoms with Crippen molar-refractivity contribution in [1.29, 1.82) is 0 Å². The largest absolute Gasteiger partial charge is 0.508 e. The third-order valence-electron chi connectivity index (χ3n) is 6.77. The van der Waals surface area contributed by atoms with Crippen LogP contribution in [0.25, 0.3) is 5.00 Å². The minimum Gasteiger partial charge on any atom is -0.508 e. The van der Waals surface area contributed by atoms with Crippen LogP contribution in [0.2, 0.25) is 5.02 Å². The van der Waals surface area contributed by atoms with Gasteiger partial charge in [0, 0.05) is 28.9 Å². The highest BCUT2D eigenvalue weighted by Gasteiger charge is 2.32. The molecule has 0 fully saturated rings. The first-order valence-corrected chi connectivity index (χ1v) is 13.9. The topological polar surface area (TPSA) is 110 Å². The molecule has 9 nitrogen and oxygen atoms in total. The molecule has 41 heavy (non-hydrogen) atoms. The summed E-state index contributed by atoms with van der Waals surface area (Å²) < 4.78 is 3.85. The summed E-state index contributed by atoms with van der Waals surface area (Å²) in [6.07, 6.45) is 3.49. The van der Waals surface area contributed by atoms with Crippen molar-refractivity contribution >= 4 is 40.2 Å². The van der Waals surface area contributed by atoms with Crippen LogP contribution in [0.3, 0.4) is 0 Å². The molecular weight excluding hydrogens is 558 g/mol. The predicted octanol–water partition coefficient (Wildman–Crippen LogP) is 5.36. The first kappa shape index (κ1) is 26.5. The van der Waals surface area contributed by atoms with Gasteiger partial charge >= 0.3 is 0 Å². The van der Waals surface area contributed by atoms with E-state index in [0.717, 1.165) is 38.0 Å². The Morgan fingerprint density at radius 1 is 1.10 bits per heavy atom. The number of carbonyl (C=O) groups is 1. The molecule has 1 amide bonds. The van der Waals surface area contributed by atoms with Gasteiger partial charge in [0.05, 0.1) is 29.5 Å². The van der Waals surface area contributed by atoms with Crippen LogP contribution >= 0.6 is 22.9 Å². The maximum absolute atomic E-state index is 13.2. The number of hydrogen-bond acceptors (Lipinski definition) is 7. The molecule has 0 saturated heterocycles. The predicted molar refractivity (Wildman–Crippen MR) is 159 cm³/mol. The van der Waals surface area contributed by atoms with E-state index in [4.69, 9.17) is 16.6 Å². The highest BCUT2D eigenvalue weighted by atomic mass is 35.5. The van der Waals surface area contributed by atoms with E-state index in [-0.39, 0.29) is 18.1 Å². The van der Waals surface area contributed by atoms with Gasteiger partial charge in [-0.05, 0) is 67.6 Å². The quantitative estimate of drug-likeness (QED) is 0.219. The number of fused-ring (bicyclic) bond motifs is 3. The first-order chi connectivity index (χ1) is 19.8. The summed E-state index contributed by atoms with van der Waals surface area (Å²) in [5, 5.41) is 22.8. The molecule has 204 valence electrons. The van der Waals surface area contributed by atoms with Gasteiger partial charge in [0.25, 0.3) is 0 Å². The minimum absolute atomic E-state index is 0.0389. The number of amides is 1. The van der Waals surface area contributed by atoms with E-state index in [1.54, 1.807) is 24.7 Å². The van der Waals surface area contributed by atoms with Crippen molar-refractivity contribution in [1.82, 2.24) is 24.3 Å². The fraction of sp³-hybridized carbons (Fsp3) is 0.167. The zero-order valence-corrected chi connectivity index (χ0v) is 24.0. The average Bonchev–Trinajstić information content (AvgIpc) is 3.61. The van der Waals surface area contributed by atoms with Crippen molar-refractivity contribution < 1.29 is 9.90 Å². The van der Waals surface area contributed by atoms with E-state index in [1.165, 1.54) is 23.5 Å². The van der Waals surface area contributed by atoms with Crippen LogP contribution < -0.4 is 5.32 Å². The van der Waals surface area contributed by atoms with Gasteiger partial charge in [-0.25, -0.2) is 4.98 Å². The molecule has 2 aromatic carbocycles. The van der Waals surface area contributed by atoms with Crippen LogP contribution in [-0.4, -0.2) is 41.0 Å². The number of anilines is 1. The molecule has 1 atom stereocenters. The lowest BCUT2D eigenvalue weighted by Crippen LogP contribution is -2.17. The minimum atomic E-state index is -0.609. The number of benzene rings is 2. The zero-order chi connectivity index (χ0) is 28.7. The fourth-order valence-corrected chi connectivity index (χ4v) is 6.02. The standard InChI is InChI=1S/C30H24ClN7O2S/c1-17-25(13-10-22-15-32-16-37(22)3)41-30-27(17)28(19-4-6-20(31)7-5-19)34-24(29-36-35-18(2)38(29)30)14-26(40)33-21-8-11-23(39)12-9-21/h4-9,11-12,15-16,24,39H,14H2,1-3H3,(H,33,40)/t24-/m0/s1. The van der Waals surface area contributed by atoms with Gasteiger partial charge in [-0.2, -0.15) is 0 Å². The lowest BCUT2D eigenvalue weighted by atomic mass is 9.99. The molecule has 0 unspecified atom stereocenters. The zero-order valence-electron chi connectivity index (χ0n) is 22.4. The van der Waals surface area contributed by atoms with Crippen molar-refractivity contribution in [2.24, 2.45) is 12.0 Å². The molecule has 4 heterocycles. The van der Waals surface area contributed by atoms with Gasteiger partial charge in [-0.15, -0.1) is 21.5 Å². The summed E-state index contributed by atoms with van der Waals surface area (Å²) in [4.78, 5) is 23.4. The Labute approximate surface area is 245 Å². The Balaban J connectivity index is 1.48. The number of aromatic hydroxyl groups is 1. The lowest BCUT2D eigenvalue weighted by molar-refractivity contribution is -0.116. The third-order valence-corrected chi connectivity index (χ3v) is 8.21. The first-order valence-electron chi connectivity index (χ1n) is 12.8. The van der Waals surface area contributed by atoms with Gasteiger partial charge in [0.1, 0.15) is 28.3 Å². The van der Waals surface area contributed by atoms with Crippen LogP contribution in [0, 0.1) is 25.7 Å². The monoisotopic (exact) mass is 581 g/mol. The van der Waals surface area contributed by atoms with E-state index in [1.807, 2.05) is 54.3 Å². The summed E-state index contributed by atoms with van der Waals surface area (Å²) in [5.74, 6) is 7.69. The number of phenols is 1. The summed E-state index contributed by atoms with van der Waals surface area (Å²) in [7, 11) is 1.91. The number of aliphatic imine (C=N–C) groups is 1. The molecule has 0 radical (unpaired) electrons. The number of hydrogen-bond donors (Lipinski definition) is 2. The number of imidazole rings is 1. The van der Waals surface area contributed by atoms with E-state index >= 15 is 0 Å². The SMILES string of the molecule is Cc1c(C#Cc2cncn2C)sc2c1C(c1ccc(Cl)cc1)=N[C@@H](CC(=O)Nc1ccc(O)cc1)c1nnc(C)n1-2. The normalized spacial score (nSPS) is 13.9. The molecule has 0 bridgehead atoms. The summed E-state index contributed by atoms with van der Waals surface area (Å²) in [6.45, 7) is 3.92. The van der Waals surface area contributed by atoms with Crippen molar-refractivity contribution in [3.8, 4) is 22.6 Å². The van der Waals surface area contributed by atoms with Crippen molar-refractivity contribution in [2.75, 3.05) is 5.32 Å². The molecular formula is C30H24ClN7O2S. The summed E-state index contributed by atoms with van der Waals surface area (Å²) in [6, 6.07) is 13.2. The molecule has 0 aliphatic carbocycles. The van der Waals surface area contributed by atoms with Crippen LogP contribution in [0.15, 0.2) is 66.0 Å². The van der Waals surface area contributed by atoms with E-state index in [0.29, 0.717) is 22.4 Å². The number of aromatic nitrogens is 5. The Morgan fingerprint density at radius 2 is 1.85 bits per heavy atom. The van der Waals surface area contributed by atoms with Gasteiger partial charge in [-0.3, -0.25) is 14.4 Å². The Bertz CT molecular complexity index is 1870. The molecule has 11 heteroatoms. The maximum atomic E-state index is 13.2. The van der Waals surface area contributed by atoms with Crippen LogP contribution in [0.1, 0.15) is 51.4 Å². The molecule has 0 saturated carbocycles. The number of thiophene rings is 1. The van der Waals surface area contributed by atoms with Gasteiger partial charge in [0.15, 0.2) is 5.82 Å². The number of nitrogens with zero attached hydrogens (tertiary/aromatic N) is 6. The number of rotatable bonds is 4. The van der Waals surface area contributed by atoms with E-state index in [9.17, 15) is 9.90 Å². The molecule has 1 aliphatic heterocycles. The molecule has 3 aromatic heterocycles. The highest BCUT2D eigenvalue weighted by Crippen LogP contribution is 2.40. The highest BCUT2D eigenvalue weighted by molar-refractivity contribution is 7.15. The molecule has 2 N–H and O–H groups in total. The van der Waals surface area contributed by atoms with Crippen LogP contribution in [-0.2, 0) is 11.8 Å². The molecule has 5 aromatic rings. The summed E-state index contributed by atoms with van der Waals surface area (Å²) in [5.41, 5.74) is 4.86. The molecule has 0 spiro atoms. The summed E-state index contributed by atoms with van der Waals surface area (Å²) >= 11 is 7.77. The Kier molecular flexibility index (Phi) is 6.91. The smallest absolute Gasteiger partial charge is 0.227 e. The van der Waals surface area contributed by atoms with Gasteiger partial charge in [0.2, 0.25) is 5.91 Å². The van der Waals surface area contributed by atoms with Crippen LogP contribution in [0.4, 0.5) is 5.69 Å². The number of aryl methyl sites for hydroxylation is 2. The second kappa shape index (κ2) is 10.7. The van der Waals surface area contributed by atoms with Crippen LogP contribution in [0.5, 0.6) is 5.75 Å². The van der Waals surface area contributed by atoms with Gasteiger partial charge in [-0.1, -0.05) is 23.7 Å². The second-order valence-electron chi connectivity index (χ2n) is 9.62.